The van der Waals surface area contributed by atoms with E-state index >= 15 is 0 Å². The highest BCUT2D eigenvalue weighted by molar-refractivity contribution is 6.01. The summed E-state index contributed by atoms with van der Waals surface area (Å²) in [4.78, 5) is 39.6. The smallest absolute Gasteiger partial charge is 0.308 e. The molecule has 2 aliphatic rings. The number of carbonyl (C=O) groups excluding carboxylic acids is 3. The molecule has 9 nitrogen and oxygen atoms in total. The SMILES string of the molecule is CCOc1ccc(C(=O)N2CCNC(=O)C2CC(=O)OCC2CCCO2)c(OCC)c1. The van der Waals surface area contributed by atoms with E-state index in [0.29, 0.717) is 43.4 Å². The molecule has 0 saturated carbocycles. The Morgan fingerprint density at radius 2 is 2.03 bits per heavy atom. The van der Waals surface area contributed by atoms with Crippen molar-refractivity contribution >= 4 is 17.8 Å². The van der Waals surface area contributed by atoms with Crippen molar-refractivity contribution in [2.45, 2.75) is 45.3 Å². The fraction of sp³-hybridized carbons (Fsp3) is 0.591. The summed E-state index contributed by atoms with van der Waals surface area (Å²) in [5.74, 6) is -0.319. The molecule has 2 fully saturated rings. The predicted octanol–water partition coefficient (Wildman–Crippen LogP) is 1.54. The third kappa shape index (κ3) is 5.88. The van der Waals surface area contributed by atoms with E-state index in [-0.39, 0.29) is 37.5 Å². The molecule has 31 heavy (non-hydrogen) atoms. The van der Waals surface area contributed by atoms with Gasteiger partial charge in [0.15, 0.2) is 0 Å². The van der Waals surface area contributed by atoms with Gasteiger partial charge in [0.05, 0.1) is 31.3 Å². The standard InChI is InChI=1S/C22H30N2O7/c1-3-28-15-7-8-17(19(12-15)29-4-2)22(27)24-10-9-23-21(26)18(24)13-20(25)31-14-16-6-5-11-30-16/h7-8,12,16,18H,3-6,9-11,13-14H2,1-2H3,(H,23,26). The lowest BCUT2D eigenvalue weighted by Gasteiger charge is -2.35. The molecule has 1 aromatic rings. The Hall–Kier alpha value is -2.81. The van der Waals surface area contributed by atoms with Gasteiger partial charge in [-0.05, 0) is 38.8 Å². The highest BCUT2D eigenvalue weighted by Gasteiger charge is 2.36. The predicted molar refractivity (Wildman–Crippen MR) is 111 cm³/mol. The number of carbonyl (C=O) groups is 3. The molecule has 0 aliphatic carbocycles. The number of hydrogen-bond donors (Lipinski definition) is 1. The van der Waals surface area contributed by atoms with Crippen LogP contribution in [0.4, 0.5) is 0 Å². The fourth-order valence-electron chi connectivity index (χ4n) is 3.70. The zero-order chi connectivity index (χ0) is 22.2. The van der Waals surface area contributed by atoms with Crippen molar-refractivity contribution in [1.82, 2.24) is 10.2 Å². The summed E-state index contributed by atoms with van der Waals surface area (Å²) in [6.45, 7) is 5.97. The molecule has 1 aromatic carbocycles. The molecule has 0 aromatic heterocycles. The van der Waals surface area contributed by atoms with E-state index in [4.69, 9.17) is 18.9 Å². The molecule has 2 atom stereocenters. The van der Waals surface area contributed by atoms with Gasteiger partial charge in [0, 0.05) is 25.8 Å². The maximum Gasteiger partial charge on any atom is 0.308 e. The van der Waals surface area contributed by atoms with E-state index in [1.807, 2.05) is 13.8 Å². The maximum absolute atomic E-state index is 13.3. The first kappa shape index (κ1) is 22.9. The second-order valence-electron chi connectivity index (χ2n) is 7.35. The van der Waals surface area contributed by atoms with Crippen molar-refractivity contribution in [2.24, 2.45) is 0 Å². The number of amides is 2. The highest BCUT2D eigenvalue weighted by atomic mass is 16.6. The summed E-state index contributed by atoms with van der Waals surface area (Å²) in [6, 6.07) is 4.03. The van der Waals surface area contributed by atoms with E-state index in [1.54, 1.807) is 18.2 Å². The molecule has 3 rings (SSSR count). The van der Waals surface area contributed by atoms with Crippen LogP contribution >= 0.6 is 0 Å². The normalized spacial score (nSPS) is 20.8. The van der Waals surface area contributed by atoms with Gasteiger partial charge in [0.25, 0.3) is 5.91 Å². The van der Waals surface area contributed by atoms with Crippen LogP contribution < -0.4 is 14.8 Å². The topological polar surface area (TPSA) is 103 Å². The third-order valence-corrected chi connectivity index (χ3v) is 5.20. The molecule has 1 N–H and O–H groups in total. The van der Waals surface area contributed by atoms with Crippen molar-refractivity contribution in [1.29, 1.82) is 0 Å². The Balaban J connectivity index is 1.72. The first-order valence-corrected chi connectivity index (χ1v) is 10.8. The van der Waals surface area contributed by atoms with Crippen LogP contribution in [0.3, 0.4) is 0 Å². The summed E-state index contributed by atoms with van der Waals surface area (Å²) in [6.07, 6.45) is 1.48. The molecule has 2 saturated heterocycles. The average molecular weight is 434 g/mol. The minimum absolute atomic E-state index is 0.0977. The van der Waals surface area contributed by atoms with Gasteiger partial charge in [0.2, 0.25) is 5.91 Å². The average Bonchev–Trinajstić information content (AvgIpc) is 3.28. The van der Waals surface area contributed by atoms with Gasteiger partial charge in [-0.15, -0.1) is 0 Å². The van der Waals surface area contributed by atoms with Crippen molar-refractivity contribution in [2.75, 3.05) is 39.5 Å². The van der Waals surface area contributed by atoms with Crippen LogP contribution in [-0.4, -0.2) is 74.3 Å². The zero-order valence-electron chi connectivity index (χ0n) is 18.1. The molecule has 2 aliphatic heterocycles. The Kier molecular flexibility index (Phi) is 8.11. The van der Waals surface area contributed by atoms with Crippen LogP contribution in [-0.2, 0) is 19.1 Å². The lowest BCUT2D eigenvalue weighted by Crippen LogP contribution is -2.58. The van der Waals surface area contributed by atoms with Gasteiger partial charge in [-0.25, -0.2) is 0 Å². The Morgan fingerprint density at radius 1 is 1.23 bits per heavy atom. The summed E-state index contributed by atoms with van der Waals surface area (Å²) >= 11 is 0. The van der Waals surface area contributed by atoms with Gasteiger partial charge < -0.3 is 29.2 Å². The monoisotopic (exact) mass is 434 g/mol. The summed E-state index contributed by atoms with van der Waals surface area (Å²) in [5.41, 5.74) is 0.317. The molecular weight excluding hydrogens is 404 g/mol. The van der Waals surface area contributed by atoms with Gasteiger partial charge in [0.1, 0.15) is 24.1 Å². The molecule has 2 heterocycles. The number of esters is 1. The molecule has 2 unspecified atom stereocenters. The number of nitrogens with zero attached hydrogens (tertiary/aromatic N) is 1. The van der Waals surface area contributed by atoms with Crippen molar-refractivity contribution in [3.05, 3.63) is 23.8 Å². The number of hydrogen-bond acceptors (Lipinski definition) is 7. The lowest BCUT2D eigenvalue weighted by molar-refractivity contribution is -0.150. The van der Waals surface area contributed by atoms with Crippen molar-refractivity contribution < 1.29 is 33.3 Å². The number of benzene rings is 1. The zero-order valence-corrected chi connectivity index (χ0v) is 18.1. The molecular formula is C22H30N2O7. The van der Waals surface area contributed by atoms with E-state index in [1.165, 1.54) is 4.90 Å². The van der Waals surface area contributed by atoms with E-state index < -0.39 is 12.0 Å². The minimum atomic E-state index is -0.945. The van der Waals surface area contributed by atoms with E-state index in [9.17, 15) is 14.4 Å². The van der Waals surface area contributed by atoms with E-state index in [0.717, 1.165) is 12.8 Å². The van der Waals surface area contributed by atoms with Crippen molar-refractivity contribution in [3.8, 4) is 11.5 Å². The largest absolute Gasteiger partial charge is 0.494 e. The number of rotatable bonds is 9. The number of ether oxygens (including phenoxy) is 4. The summed E-state index contributed by atoms with van der Waals surface area (Å²) in [5, 5.41) is 2.72. The second kappa shape index (κ2) is 11.0. The Labute approximate surface area is 182 Å². The first-order valence-electron chi connectivity index (χ1n) is 10.8. The summed E-state index contributed by atoms with van der Waals surface area (Å²) < 4.78 is 21.9. The quantitative estimate of drug-likeness (QED) is 0.588. The lowest BCUT2D eigenvalue weighted by atomic mass is 10.1. The van der Waals surface area contributed by atoms with Crippen molar-refractivity contribution in [3.63, 3.8) is 0 Å². The first-order chi connectivity index (χ1) is 15.0. The van der Waals surface area contributed by atoms with Crippen LogP contribution in [0.1, 0.15) is 43.5 Å². The second-order valence-corrected chi connectivity index (χ2v) is 7.35. The number of nitrogens with one attached hydrogen (secondary N) is 1. The molecule has 0 bridgehead atoms. The maximum atomic E-state index is 13.3. The van der Waals surface area contributed by atoms with Gasteiger partial charge >= 0.3 is 5.97 Å². The van der Waals surface area contributed by atoms with Gasteiger partial charge in [-0.1, -0.05) is 0 Å². The van der Waals surface area contributed by atoms with Crippen LogP contribution in [0.2, 0.25) is 0 Å². The summed E-state index contributed by atoms with van der Waals surface area (Å²) in [7, 11) is 0. The minimum Gasteiger partial charge on any atom is -0.494 e. The van der Waals surface area contributed by atoms with E-state index in [2.05, 4.69) is 5.32 Å². The molecule has 0 radical (unpaired) electrons. The highest BCUT2D eigenvalue weighted by Crippen LogP contribution is 2.28. The van der Waals surface area contributed by atoms with Gasteiger partial charge in [-0.2, -0.15) is 0 Å². The van der Waals surface area contributed by atoms with Crippen LogP contribution in [0, 0.1) is 0 Å². The fourth-order valence-corrected chi connectivity index (χ4v) is 3.70. The van der Waals surface area contributed by atoms with Crippen LogP contribution in [0.5, 0.6) is 11.5 Å². The number of piperazine rings is 1. The van der Waals surface area contributed by atoms with Crippen LogP contribution in [0.15, 0.2) is 18.2 Å². The Bertz CT molecular complexity index is 792. The molecule has 2 amide bonds. The molecule has 0 spiro atoms. The molecule has 9 heteroatoms. The Morgan fingerprint density at radius 3 is 2.74 bits per heavy atom. The van der Waals surface area contributed by atoms with Gasteiger partial charge in [-0.3, -0.25) is 14.4 Å². The van der Waals surface area contributed by atoms with Crippen LogP contribution in [0.25, 0.3) is 0 Å². The third-order valence-electron chi connectivity index (χ3n) is 5.20. The molecule has 170 valence electrons.